The van der Waals surface area contributed by atoms with E-state index in [2.05, 4.69) is 72.8 Å². The largest absolute Gasteiger partial charge is 0.0629 e. The fourth-order valence-corrected chi connectivity index (χ4v) is 5.45. The van der Waals surface area contributed by atoms with Gasteiger partial charge in [0.05, 0.1) is 6.85 Å². The zero-order valence-electron chi connectivity index (χ0n) is 24.5. The van der Waals surface area contributed by atoms with Gasteiger partial charge in [0.25, 0.3) is 0 Å². The summed E-state index contributed by atoms with van der Waals surface area (Å²) in [7, 11) is 0. The quantitative estimate of drug-likeness (QED) is 0.230. The Hall–Kier alpha value is -4.68. The highest BCUT2D eigenvalue weighted by atomic mass is 14.2. The summed E-state index contributed by atoms with van der Waals surface area (Å²) in [5, 5.41) is 5.89. The summed E-state index contributed by atoms with van der Waals surface area (Å²) in [5.74, 6) is 0. The average molecular weight is 462 g/mol. The fraction of sp³-hybridized carbons (Fsp3) is 0. The third-order valence-corrected chi connectivity index (χ3v) is 6.96. The summed E-state index contributed by atoms with van der Waals surface area (Å²) in [6, 6.07) is 37.7. The molecule has 0 fully saturated rings. The summed E-state index contributed by atoms with van der Waals surface area (Å²) in [5.41, 5.74) is 5.33. The van der Waals surface area contributed by atoms with Gasteiger partial charge in [0.2, 0.25) is 0 Å². The lowest BCUT2D eigenvalue weighted by atomic mass is 9.84. The molecular formula is C36H24. The third kappa shape index (κ3) is 3.23. The maximum Gasteiger partial charge on any atom is 0.0629 e. The Morgan fingerprint density at radius 3 is 1.36 bits per heavy atom. The molecule has 7 aromatic carbocycles. The second kappa shape index (κ2) is 8.52. The van der Waals surface area contributed by atoms with Gasteiger partial charge in [0.15, 0.2) is 0 Å². The van der Waals surface area contributed by atoms with E-state index in [1.807, 2.05) is 42.5 Å². The molecule has 0 aromatic heterocycles. The van der Waals surface area contributed by atoms with Crippen LogP contribution in [0.25, 0.3) is 65.7 Å². The molecule has 0 aliphatic carbocycles. The van der Waals surface area contributed by atoms with Crippen molar-refractivity contribution in [2.75, 3.05) is 0 Å². The molecule has 0 bridgehead atoms. The molecular weight excluding hydrogens is 432 g/mol. The number of fused-ring (bicyclic) bond motifs is 3. The molecule has 0 aliphatic rings. The van der Waals surface area contributed by atoms with Crippen molar-refractivity contribution in [3.8, 4) is 33.4 Å². The first-order valence-electron chi connectivity index (χ1n) is 14.6. The Balaban J connectivity index is 1.64. The molecule has 36 heavy (non-hydrogen) atoms. The van der Waals surface area contributed by atoms with E-state index in [1.54, 1.807) is 0 Å². The molecule has 0 N–H and O–H groups in total. The normalized spacial score (nSPS) is 13.3. The van der Waals surface area contributed by atoms with Crippen LogP contribution in [0.2, 0.25) is 0 Å². The Labute approximate surface area is 218 Å². The van der Waals surface area contributed by atoms with Crippen LogP contribution in [0.1, 0.15) is 6.85 Å². The summed E-state index contributed by atoms with van der Waals surface area (Å²) >= 11 is 0. The summed E-state index contributed by atoms with van der Waals surface area (Å²) < 4.78 is 42.4. The fourth-order valence-electron chi connectivity index (χ4n) is 5.45. The summed E-state index contributed by atoms with van der Waals surface area (Å²) in [4.78, 5) is 0. The molecule has 0 heterocycles. The van der Waals surface area contributed by atoms with Gasteiger partial charge in [-0.15, -0.1) is 0 Å². The van der Waals surface area contributed by atoms with Gasteiger partial charge in [-0.3, -0.25) is 0 Å². The number of rotatable bonds is 3. The van der Waals surface area contributed by atoms with Crippen LogP contribution >= 0.6 is 0 Å². The van der Waals surface area contributed by atoms with Crippen LogP contribution < -0.4 is 0 Å². The third-order valence-electron chi connectivity index (χ3n) is 6.96. The minimum Gasteiger partial charge on any atom is -0.0622 e. The van der Waals surface area contributed by atoms with E-state index in [-0.39, 0.29) is 35.8 Å². The number of benzene rings is 7. The predicted molar refractivity (Wildman–Crippen MR) is 155 cm³/mol. The van der Waals surface area contributed by atoms with Crippen LogP contribution in [0.3, 0.4) is 0 Å². The molecule has 0 saturated heterocycles. The highest BCUT2D eigenvalue weighted by Crippen LogP contribution is 2.46. The molecule has 7 rings (SSSR count). The van der Waals surface area contributed by atoms with E-state index in [0.717, 1.165) is 54.6 Å². The van der Waals surface area contributed by atoms with Crippen molar-refractivity contribution in [3.63, 3.8) is 0 Å². The highest BCUT2D eigenvalue weighted by Gasteiger charge is 2.18. The maximum atomic E-state index is 8.78. The van der Waals surface area contributed by atoms with Gasteiger partial charge < -0.3 is 0 Å². The molecule has 7 aromatic rings. The topological polar surface area (TPSA) is 0 Å². The molecule has 0 aliphatic heterocycles. The summed E-state index contributed by atoms with van der Waals surface area (Å²) in [6.07, 6.45) is 0. The van der Waals surface area contributed by atoms with E-state index in [0.29, 0.717) is 5.56 Å². The van der Waals surface area contributed by atoms with Crippen molar-refractivity contribution in [1.82, 2.24) is 0 Å². The Morgan fingerprint density at radius 2 is 0.778 bits per heavy atom. The lowest BCUT2D eigenvalue weighted by Gasteiger charge is -2.19. The van der Waals surface area contributed by atoms with E-state index < -0.39 is 0 Å². The Bertz CT molecular complexity index is 2060. The molecule has 0 nitrogen and oxygen atoms in total. The van der Waals surface area contributed by atoms with Gasteiger partial charge in [-0.05, 0) is 65.7 Å². The number of hydrogen-bond donors (Lipinski definition) is 0. The van der Waals surface area contributed by atoms with Gasteiger partial charge in [-0.2, -0.15) is 0 Å². The van der Waals surface area contributed by atoms with Crippen molar-refractivity contribution in [3.05, 3.63) is 145 Å². The van der Waals surface area contributed by atoms with Crippen molar-refractivity contribution >= 4 is 32.3 Å². The monoisotopic (exact) mass is 461 g/mol. The molecule has 0 radical (unpaired) electrons. The van der Waals surface area contributed by atoms with E-state index >= 15 is 0 Å². The van der Waals surface area contributed by atoms with E-state index in [4.69, 9.17) is 6.85 Å². The summed E-state index contributed by atoms with van der Waals surface area (Å²) in [6.45, 7) is 0. The number of hydrogen-bond acceptors (Lipinski definition) is 0. The van der Waals surface area contributed by atoms with Crippen molar-refractivity contribution < 1.29 is 6.85 Å². The maximum absolute atomic E-state index is 8.78. The molecule has 0 amide bonds. The second-order valence-electron chi connectivity index (χ2n) is 8.91. The first-order chi connectivity index (χ1) is 20.0. The van der Waals surface area contributed by atoms with E-state index in [9.17, 15) is 0 Å². The van der Waals surface area contributed by atoms with Gasteiger partial charge >= 0.3 is 0 Å². The first-order valence-corrected chi connectivity index (χ1v) is 12.1. The Morgan fingerprint density at radius 1 is 0.333 bits per heavy atom. The zero-order valence-corrected chi connectivity index (χ0v) is 19.5. The lowest BCUT2D eigenvalue weighted by Crippen LogP contribution is -1.92. The zero-order chi connectivity index (χ0) is 28.2. The Kier molecular flexibility index (Phi) is 3.80. The van der Waals surface area contributed by atoms with Crippen molar-refractivity contribution in [2.24, 2.45) is 0 Å². The van der Waals surface area contributed by atoms with Gasteiger partial charge in [0, 0.05) is 0 Å². The average Bonchev–Trinajstić information content (AvgIpc) is 3.02. The van der Waals surface area contributed by atoms with Crippen LogP contribution in [0.5, 0.6) is 0 Å². The van der Waals surface area contributed by atoms with Gasteiger partial charge in [-0.1, -0.05) is 145 Å². The van der Waals surface area contributed by atoms with Crippen LogP contribution in [0.4, 0.5) is 0 Å². The minimum atomic E-state index is -0.390. The molecule has 0 saturated carbocycles. The molecule has 0 atom stereocenters. The van der Waals surface area contributed by atoms with Crippen LogP contribution in [-0.4, -0.2) is 0 Å². The van der Waals surface area contributed by atoms with Crippen molar-refractivity contribution in [1.29, 1.82) is 0 Å². The van der Waals surface area contributed by atoms with Crippen LogP contribution in [0.15, 0.2) is 145 Å². The highest BCUT2D eigenvalue weighted by molar-refractivity contribution is 6.24. The first kappa shape index (κ1) is 16.1. The van der Waals surface area contributed by atoms with Crippen molar-refractivity contribution in [2.45, 2.75) is 0 Å². The second-order valence-corrected chi connectivity index (χ2v) is 8.91. The molecule has 0 heteroatoms. The van der Waals surface area contributed by atoms with Gasteiger partial charge in [-0.25, -0.2) is 0 Å². The molecule has 0 spiro atoms. The SMILES string of the molecule is [2H]c1c([2H])c([2H])c(-c2c3ccccc3c(-c3ccc(-c4ccccc4)c4ccccc34)c3ccccc23)c([2H])c1[2H]. The lowest BCUT2D eigenvalue weighted by molar-refractivity contribution is 1.64. The van der Waals surface area contributed by atoms with Crippen LogP contribution in [0, 0.1) is 0 Å². The predicted octanol–water partition coefficient (Wildman–Crippen LogP) is 10.1. The van der Waals surface area contributed by atoms with Gasteiger partial charge in [0.1, 0.15) is 0 Å². The standard InChI is InChI=1S/C36H24/c1-3-13-25(14-4-1)27-23-24-34(29-18-8-7-17-28(27)29)36-32-21-11-9-19-30(32)35(26-15-5-2-6-16-26)31-20-10-12-22-33(31)36/h1-24H/i2D,5D,6D,15D,16D. The molecule has 0 unspecified atom stereocenters. The smallest absolute Gasteiger partial charge is 0.0622 e. The van der Waals surface area contributed by atoms with E-state index in [1.165, 1.54) is 0 Å². The molecule has 168 valence electrons. The minimum absolute atomic E-state index is 0.197. The van der Waals surface area contributed by atoms with Crippen LogP contribution in [-0.2, 0) is 0 Å².